The zero-order valence-electron chi connectivity index (χ0n) is 16.5. The van der Waals surface area contributed by atoms with Gasteiger partial charge < -0.3 is 20.1 Å². The van der Waals surface area contributed by atoms with Crippen LogP contribution < -0.4 is 10.5 Å². The Morgan fingerprint density at radius 3 is 2.45 bits per heavy atom. The van der Waals surface area contributed by atoms with Crippen LogP contribution in [0.3, 0.4) is 0 Å². The number of likely N-dealkylation sites (tertiary alicyclic amines) is 1. The van der Waals surface area contributed by atoms with Crippen molar-refractivity contribution in [2.45, 2.75) is 38.0 Å². The van der Waals surface area contributed by atoms with Gasteiger partial charge in [0, 0.05) is 6.54 Å². The second-order valence-electron chi connectivity index (χ2n) is 6.94. The molecule has 0 aliphatic carbocycles. The van der Waals surface area contributed by atoms with Crippen LogP contribution in [0, 0.1) is 0 Å². The van der Waals surface area contributed by atoms with Crippen molar-refractivity contribution in [1.82, 2.24) is 4.90 Å². The van der Waals surface area contributed by atoms with E-state index < -0.39 is 12.1 Å². The molecule has 2 N–H and O–H groups in total. The molecule has 1 heterocycles. The number of methoxy groups -OCH3 is 1. The highest BCUT2D eigenvalue weighted by Gasteiger charge is 2.37. The molecule has 0 spiro atoms. The summed E-state index contributed by atoms with van der Waals surface area (Å²) in [4.78, 5) is 26.9. The number of amides is 1. The zero-order chi connectivity index (χ0) is 19.9. The van der Waals surface area contributed by atoms with Crippen LogP contribution in [0.25, 0.3) is 0 Å². The number of ether oxygens (including phenoxy) is 2. The number of carbonyl (C=O) groups is 2. The molecule has 1 aliphatic rings. The van der Waals surface area contributed by atoms with Gasteiger partial charge in [-0.05, 0) is 42.5 Å². The minimum atomic E-state index is -0.698. The highest BCUT2D eigenvalue weighted by atomic mass is 35.5. The first-order chi connectivity index (χ1) is 13.6. The van der Waals surface area contributed by atoms with E-state index in [4.69, 9.17) is 15.2 Å². The van der Waals surface area contributed by atoms with Gasteiger partial charge in [-0.1, -0.05) is 42.5 Å². The standard InChI is InChI=1S/C22H26N2O4.ClH/c1-27-18-11-9-16(10-12-18)14-19(23)21(25)24-13-5-8-20(24)22(26)28-15-17-6-3-2-4-7-17;/h2-4,6-7,9-12,19-20H,5,8,13-15,23H2,1H3;1H/t19-,20+;/m0./s1. The lowest BCUT2D eigenvalue weighted by Gasteiger charge is -2.26. The second kappa shape index (κ2) is 10.8. The Morgan fingerprint density at radius 1 is 1.10 bits per heavy atom. The van der Waals surface area contributed by atoms with Crippen molar-refractivity contribution in [1.29, 1.82) is 0 Å². The molecule has 156 valence electrons. The summed E-state index contributed by atoms with van der Waals surface area (Å²) in [5.74, 6) is 0.172. The van der Waals surface area contributed by atoms with E-state index >= 15 is 0 Å². The number of nitrogens with zero attached hydrogens (tertiary/aromatic N) is 1. The van der Waals surface area contributed by atoms with Crippen molar-refractivity contribution >= 4 is 24.3 Å². The first-order valence-corrected chi connectivity index (χ1v) is 9.48. The van der Waals surface area contributed by atoms with Crippen LogP contribution in [-0.2, 0) is 27.4 Å². The Morgan fingerprint density at radius 2 is 1.79 bits per heavy atom. The largest absolute Gasteiger partial charge is 0.497 e. The predicted molar refractivity (Wildman–Crippen MR) is 113 cm³/mol. The molecule has 0 unspecified atom stereocenters. The van der Waals surface area contributed by atoms with Gasteiger partial charge in [-0.25, -0.2) is 4.79 Å². The van der Waals surface area contributed by atoms with E-state index in [0.717, 1.165) is 23.3 Å². The second-order valence-corrected chi connectivity index (χ2v) is 6.94. The van der Waals surface area contributed by atoms with Crippen LogP contribution >= 0.6 is 12.4 Å². The van der Waals surface area contributed by atoms with E-state index in [1.54, 1.807) is 12.0 Å². The minimum absolute atomic E-state index is 0. The number of hydrogen-bond donors (Lipinski definition) is 1. The van der Waals surface area contributed by atoms with Gasteiger partial charge in [0.1, 0.15) is 18.4 Å². The van der Waals surface area contributed by atoms with Gasteiger partial charge in [-0.15, -0.1) is 12.4 Å². The van der Waals surface area contributed by atoms with Crippen LogP contribution in [0.2, 0.25) is 0 Å². The molecule has 6 nitrogen and oxygen atoms in total. The molecule has 0 saturated carbocycles. The maximum absolute atomic E-state index is 12.8. The van der Waals surface area contributed by atoms with Crippen LogP contribution in [0.4, 0.5) is 0 Å². The Bertz CT molecular complexity index is 798. The third-order valence-electron chi connectivity index (χ3n) is 4.96. The first-order valence-electron chi connectivity index (χ1n) is 9.48. The number of carbonyl (C=O) groups excluding carboxylic acids is 2. The molecule has 1 saturated heterocycles. The van der Waals surface area contributed by atoms with Gasteiger partial charge in [0.2, 0.25) is 5.91 Å². The Kier molecular flexibility index (Phi) is 8.49. The monoisotopic (exact) mass is 418 g/mol. The van der Waals surface area contributed by atoms with Crippen molar-refractivity contribution < 1.29 is 19.1 Å². The summed E-state index contributed by atoms with van der Waals surface area (Å²) < 4.78 is 10.6. The summed E-state index contributed by atoms with van der Waals surface area (Å²) >= 11 is 0. The quantitative estimate of drug-likeness (QED) is 0.699. The van der Waals surface area contributed by atoms with Gasteiger partial charge in [0.25, 0.3) is 0 Å². The van der Waals surface area contributed by atoms with E-state index in [1.807, 2.05) is 54.6 Å². The first kappa shape index (κ1) is 22.7. The maximum atomic E-state index is 12.8. The molecule has 0 radical (unpaired) electrons. The lowest BCUT2D eigenvalue weighted by molar-refractivity contribution is -0.154. The van der Waals surface area contributed by atoms with E-state index in [9.17, 15) is 9.59 Å². The van der Waals surface area contributed by atoms with Gasteiger partial charge in [0.15, 0.2) is 0 Å². The number of esters is 1. The van der Waals surface area contributed by atoms with E-state index in [-0.39, 0.29) is 30.9 Å². The summed E-state index contributed by atoms with van der Waals surface area (Å²) in [5.41, 5.74) is 8.02. The van der Waals surface area contributed by atoms with Crippen molar-refractivity contribution in [3.63, 3.8) is 0 Å². The summed E-state index contributed by atoms with van der Waals surface area (Å²) in [6.45, 7) is 0.732. The number of rotatable bonds is 7. The number of benzene rings is 2. The van der Waals surface area contributed by atoms with Crippen LogP contribution in [-0.4, -0.2) is 42.5 Å². The summed E-state index contributed by atoms with van der Waals surface area (Å²) in [7, 11) is 1.61. The molecular formula is C22H27ClN2O4. The number of halogens is 1. The normalized spacial score (nSPS) is 16.6. The minimum Gasteiger partial charge on any atom is -0.497 e. The molecule has 2 aromatic rings. The third kappa shape index (κ3) is 5.95. The average Bonchev–Trinajstić information content (AvgIpc) is 3.22. The zero-order valence-corrected chi connectivity index (χ0v) is 17.3. The van der Waals surface area contributed by atoms with E-state index in [2.05, 4.69) is 0 Å². The molecule has 1 fully saturated rings. The molecule has 3 rings (SSSR count). The molecule has 0 bridgehead atoms. The summed E-state index contributed by atoms with van der Waals surface area (Å²) in [6, 6.07) is 15.7. The highest BCUT2D eigenvalue weighted by molar-refractivity contribution is 5.88. The van der Waals surface area contributed by atoms with Crippen molar-refractivity contribution in [2.24, 2.45) is 5.73 Å². The topological polar surface area (TPSA) is 81.9 Å². The fourth-order valence-corrected chi connectivity index (χ4v) is 3.42. The predicted octanol–water partition coefficient (Wildman–Crippen LogP) is 2.72. The molecular weight excluding hydrogens is 392 g/mol. The molecule has 1 aliphatic heterocycles. The van der Waals surface area contributed by atoms with Crippen LogP contribution in [0.5, 0.6) is 5.75 Å². The van der Waals surface area contributed by atoms with Crippen molar-refractivity contribution in [3.8, 4) is 5.75 Å². The smallest absolute Gasteiger partial charge is 0.329 e. The lowest BCUT2D eigenvalue weighted by Crippen LogP contribution is -2.49. The van der Waals surface area contributed by atoms with Crippen molar-refractivity contribution in [2.75, 3.05) is 13.7 Å². The highest BCUT2D eigenvalue weighted by Crippen LogP contribution is 2.21. The molecule has 2 aromatic carbocycles. The van der Waals surface area contributed by atoms with Crippen LogP contribution in [0.1, 0.15) is 24.0 Å². The number of nitrogens with two attached hydrogens (primary N) is 1. The molecule has 7 heteroatoms. The fraction of sp³-hybridized carbons (Fsp3) is 0.364. The Hall–Kier alpha value is -2.57. The fourth-order valence-electron chi connectivity index (χ4n) is 3.42. The molecule has 29 heavy (non-hydrogen) atoms. The lowest BCUT2D eigenvalue weighted by atomic mass is 10.0. The summed E-state index contributed by atoms with van der Waals surface area (Å²) in [6.07, 6.45) is 1.78. The van der Waals surface area contributed by atoms with E-state index in [0.29, 0.717) is 19.4 Å². The van der Waals surface area contributed by atoms with Crippen LogP contribution in [0.15, 0.2) is 54.6 Å². The molecule has 2 atom stereocenters. The number of hydrogen-bond acceptors (Lipinski definition) is 5. The average molecular weight is 419 g/mol. The third-order valence-corrected chi connectivity index (χ3v) is 4.96. The van der Waals surface area contributed by atoms with E-state index in [1.165, 1.54) is 0 Å². The van der Waals surface area contributed by atoms with Crippen molar-refractivity contribution in [3.05, 3.63) is 65.7 Å². The summed E-state index contributed by atoms with van der Waals surface area (Å²) in [5, 5.41) is 0. The Balaban J connectivity index is 0.00000300. The molecule has 1 amide bonds. The maximum Gasteiger partial charge on any atom is 0.329 e. The Labute approximate surface area is 177 Å². The van der Waals surface area contributed by atoms with Gasteiger partial charge in [-0.2, -0.15) is 0 Å². The van der Waals surface area contributed by atoms with Gasteiger partial charge >= 0.3 is 5.97 Å². The molecule has 0 aromatic heterocycles. The van der Waals surface area contributed by atoms with Gasteiger partial charge in [0.05, 0.1) is 13.2 Å². The van der Waals surface area contributed by atoms with Gasteiger partial charge in [-0.3, -0.25) is 4.79 Å². The SMILES string of the molecule is COc1ccc(C[C@H](N)C(=O)N2CCC[C@@H]2C(=O)OCc2ccccc2)cc1.Cl.